The first kappa shape index (κ1) is 9.53. The molecule has 0 saturated heterocycles. The minimum absolute atomic E-state index is 0.718. The molecular weight excluding hydrogens is 172 g/mol. The number of hydrogen-bond acceptors (Lipinski definition) is 2. The number of aryl methyl sites for hydroxylation is 1. The third-order valence-corrected chi connectivity index (χ3v) is 2.93. The normalized spacial score (nSPS) is 20.0. The Balaban J connectivity index is 2.15. The highest BCUT2D eigenvalue weighted by molar-refractivity contribution is 5.55. The molecule has 0 saturated carbocycles. The van der Waals surface area contributed by atoms with E-state index in [2.05, 4.69) is 30.4 Å². The summed E-state index contributed by atoms with van der Waals surface area (Å²) in [6, 6.07) is 6.65. The molecule has 1 aliphatic heterocycles. The third kappa shape index (κ3) is 1.90. The van der Waals surface area contributed by atoms with Gasteiger partial charge in [0.2, 0.25) is 0 Å². The summed E-state index contributed by atoms with van der Waals surface area (Å²) in [5.41, 5.74) is 9.67. The van der Waals surface area contributed by atoms with Crippen LogP contribution in [0.3, 0.4) is 0 Å². The number of anilines is 1. The van der Waals surface area contributed by atoms with Crippen LogP contribution < -0.4 is 11.1 Å². The lowest BCUT2D eigenvalue weighted by Crippen LogP contribution is -2.25. The van der Waals surface area contributed by atoms with Crippen LogP contribution in [0.4, 0.5) is 5.69 Å². The van der Waals surface area contributed by atoms with Crippen molar-refractivity contribution >= 4 is 5.69 Å². The van der Waals surface area contributed by atoms with Crippen molar-refractivity contribution in [3.05, 3.63) is 29.3 Å². The number of benzene rings is 1. The van der Waals surface area contributed by atoms with E-state index < -0.39 is 0 Å². The summed E-state index contributed by atoms with van der Waals surface area (Å²) in [6.07, 6.45) is 2.31. The predicted octanol–water partition coefficient (Wildman–Crippen LogP) is 1.93. The summed E-state index contributed by atoms with van der Waals surface area (Å²) in [5.74, 6) is 0.718. The molecule has 76 valence electrons. The SMILES string of the molecule is Cc1ccc2c(c1)NC[C@@H](CCN)C2. The molecule has 1 aromatic carbocycles. The van der Waals surface area contributed by atoms with Crippen molar-refractivity contribution in [2.75, 3.05) is 18.4 Å². The van der Waals surface area contributed by atoms with E-state index in [9.17, 15) is 0 Å². The lowest BCUT2D eigenvalue weighted by Gasteiger charge is -2.26. The van der Waals surface area contributed by atoms with Gasteiger partial charge in [-0.2, -0.15) is 0 Å². The van der Waals surface area contributed by atoms with Crippen LogP contribution >= 0.6 is 0 Å². The molecule has 3 N–H and O–H groups in total. The van der Waals surface area contributed by atoms with Crippen molar-refractivity contribution in [1.82, 2.24) is 0 Å². The predicted molar refractivity (Wildman–Crippen MR) is 60.5 cm³/mol. The fourth-order valence-corrected chi connectivity index (χ4v) is 2.11. The zero-order valence-electron chi connectivity index (χ0n) is 8.72. The van der Waals surface area contributed by atoms with E-state index in [1.807, 2.05) is 0 Å². The van der Waals surface area contributed by atoms with Gasteiger partial charge in [-0.05, 0) is 49.4 Å². The van der Waals surface area contributed by atoms with Gasteiger partial charge in [0.25, 0.3) is 0 Å². The largest absolute Gasteiger partial charge is 0.385 e. The Morgan fingerprint density at radius 1 is 1.50 bits per heavy atom. The molecule has 0 spiro atoms. The quantitative estimate of drug-likeness (QED) is 0.747. The summed E-state index contributed by atoms with van der Waals surface area (Å²) < 4.78 is 0. The first-order valence-corrected chi connectivity index (χ1v) is 5.33. The molecule has 0 unspecified atom stereocenters. The summed E-state index contributed by atoms with van der Waals surface area (Å²) in [7, 11) is 0. The van der Waals surface area contributed by atoms with E-state index in [-0.39, 0.29) is 0 Å². The Morgan fingerprint density at radius 3 is 3.14 bits per heavy atom. The van der Waals surface area contributed by atoms with Crippen molar-refractivity contribution in [2.24, 2.45) is 11.7 Å². The summed E-state index contributed by atoms with van der Waals surface area (Å²) in [4.78, 5) is 0. The van der Waals surface area contributed by atoms with E-state index in [0.29, 0.717) is 0 Å². The van der Waals surface area contributed by atoms with Gasteiger partial charge in [-0.1, -0.05) is 12.1 Å². The van der Waals surface area contributed by atoms with Crippen molar-refractivity contribution in [2.45, 2.75) is 19.8 Å². The van der Waals surface area contributed by atoms with E-state index in [4.69, 9.17) is 5.73 Å². The third-order valence-electron chi connectivity index (χ3n) is 2.93. The summed E-state index contributed by atoms with van der Waals surface area (Å²) in [6.45, 7) is 4.01. The zero-order chi connectivity index (χ0) is 9.97. The van der Waals surface area contributed by atoms with Crippen LogP contribution in [0.25, 0.3) is 0 Å². The number of rotatable bonds is 2. The van der Waals surface area contributed by atoms with Gasteiger partial charge in [0, 0.05) is 12.2 Å². The van der Waals surface area contributed by atoms with Crippen LogP contribution in [-0.4, -0.2) is 13.1 Å². The maximum Gasteiger partial charge on any atom is 0.0375 e. The minimum atomic E-state index is 0.718. The molecule has 2 nitrogen and oxygen atoms in total. The smallest absolute Gasteiger partial charge is 0.0375 e. The topological polar surface area (TPSA) is 38.0 Å². The molecule has 1 atom stereocenters. The molecule has 0 fully saturated rings. The van der Waals surface area contributed by atoms with Gasteiger partial charge in [-0.3, -0.25) is 0 Å². The molecule has 0 radical (unpaired) electrons. The number of nitrogens with one attached hydrogen (secondary N) is 1. The Morgan fingerprint density at radius 2 is 2.36 bits per heavy atom. The summed E-state index contributed by atoms with van der Waals surface area (Å²) >= 11 is 0. The van der Waals surface area contributed by atoms with Crippen LogP contribution in [0.15, 0.2) is 18.2 Å². The van der Waals surface area contributed by atoms with Crippen molar-refractivity contribution in [1.29, 1.82) is 0 Å². The maximum atomic E-state index is 5.58. The summed E-state index contributed by atoms with van der Waals surface area (Å²) in [5, 5.41) is 3.48. The van der Waals surface area contributed by atoms with Gasteiger partial charge in [0.1, 0.15) is 0 Å². The van der Waals surface area contributed by atoms with E-state index in [1.54, 1.807) is 0 Å². The molecular formula is C12H18N2. The van der Waals surface area contributed by atoms with Crippen LogP contribution in [-0.2, 0) is 6.42 Å². The monoisotopic (exact) mass is 190 g/mol. The number of fused-ring (bicyclic) bond motifs is 1. The second-order valence-corrected chi connectivity index (χ2v) is 4.19. The van der Waals surface area contributed by atoms with Crippen molar-refractivity contribution < 1.29 is 0 Å². The second-order valence-electron chi connectivity index (χ2n) is 4.19. The molecule has 1 aliphatic rings. The van der Waals surface area contributed by atoms with Gasteiger partial charge in [-0.25, -0.2) is 0 Å². The molecule has 14 heavy (non-hydrogen) atoms. The van der Waals surface area contributed by atoms with Gasteiger partial charge in [-0.15, -0.1) is 0 Å². The molecule has 0 bridgehead atoms. The fourth-order valence-electron chi connectivity index (χ4n) is 2.11. The van der Waals surface area contributed by atoms with Crippen LogP contribution in [0.5, 0.6) is 0 Å². The van der Waals surface area contributed by atoms with Crippen molar-refractivity contribution in [3.63, 3.8) is 0 Å². The van der Waals surface area contributed by atoms with Gasteiger partial charge < -0.3 is 11.1 Å². The first-order chi connectivity index (χ1) is 6.79. The molecule has 1 aromatic rings. The van der Waals surface area contributed by atoms with Crippen LogP contribution in [0, 0.1) is 12.8 Å². The van der Waals surface area contributed by atoms with Gasteiger partial charge in [0.15, 0.2) is 0 Å². The highest BCUT2D eigenvalue weighted by Gasteiger charge is 2.16. The number of hydrogen-bond donors (Lipinski definition) is 2. The highest BCUT2D eigenvalue weighted by atomic mass is 14.9. The molecule has 2 rings (SSSR count). The van der Waals surface area contributed by atoms with E-state index >= 15 is 0 Å². The lowest BCUT2D eigenvalue weighted by atomic mass is 9.91. The average molecular weight is 190 g/mol. The van der Waals surface area contributed by atoms with Crippen LogP contribution in [0.1, 0.15) is 17.5 Å². The molecule has 2 heteroatoms. The Bertz CT molecular complexity index is 320. The Labute approximate surface area is 85.5 Å². The number of nitrogens with two attached hydrogens (primary N) is 1. The first-order valence-electron chi connectivity index (χ1n) is 5.33. The molecule has 1 heterocycles. The molecule has 0 amide bonds. The molecule has 0 aromatic heterocycles. The van der Waals surface area contributed by atoms with Crippen molar-refractivity contribution in [3.8, 4) is 0 Å². The Hall–Kier alpha value is -1.02. The zero-order valence-corrected chi connectivity index (χ0v) is 8.72. The fraction of sp³-hybridized carbons (Fsp3) is 0.500. The van der Waals surface area contributed by atoms with E-state index in [0.717, 1.165) is 25.4 Å². The standard InChI is InChI=1S/C12H18N2/c1-9-2-3-11-7-10(4-5-13)8-14-12(11)6-9/h2-3,6,10,14H,4-5,7-8,13H2,1H3/t10-/m0/s1. The maximum absolute atomic E-state index is 5.58. The highest BCUT2D eigenvalue weighted by Crippen LogP contribution is 2.26. The van der Waals surface area contributed by atoms with E-state index in [1.165, 1.54) is 23.2 Å². The second kappa shape index (κ2) is 4.01. The van der Waals surface area contributed by atoms with Gasteiger partial charge in [0.05, 0.1) is 0 Å². The van der Waals surface area contributed by atoms with Crippen LogP contribution in [0.2, 0.25) is 0 Å². The lowest BCUT2D eigenvalue weighted by molar-refractivity contribution is 0.503. The van der Waals surface area contributed by atoms with Gasteiger partial charge >= 0.3 is 0 Å². The Kier molecular flexibility index (Phi) is 2.73. The molecule has 0 aliphatic carbocycles. The average Bonchev–Trinajstić information content (AvgIpc) is 2.19. The minimum Gasteiger partial charge on any atom is -0.385 e.